The smallest absolute Gasteiger partial charge is 0.0344 e. The van der Waals surface area contributed by atoms with Gasteiger partial charge in [-0.05, 0) is 47.8 Å². The zero-order valence-electron chi connectivity index (χ0n) is 12.7. The number of anilines is 1. The first-order valence-electron chi connectivity index (χ1n) is 7.04. The molecule has 0 aliphatic heterocycles. The molecule has 0 saturated heterocycles. The van der Waals surface area contributed by atoms with Crippen LogP contribution < -0.4 is 5.32 Å². The minimum atomic E-state index is 0.101. The number of allylic oxidation sites excluding steroid dienone is 6. The Morgan fingerprint density at radius 2 is 2.00 bits per heavy atom. The third-order valence-corrected chi connectivity index (χ3v) is 4.11. The second-order valence-electron chi connectivity index (χ2n) is 5.44. The molecule has 0 saturated carbocycles. The topological polar surface area (TPSA) is 12.0 Å². The molecule has 1 aromatic carbocycles. The Morgan fingerprint density at radius 1 is 1.30 bits per heavy atom. The van der Waals surface area contributed by atoms with Crippen molar-refractivity contribution in [3.05, 3.63) is 66.8 Å². The molecule has 1 atom stereocenters. The molecule has 0 aromatic heterocycles. The second-order valence-corrected chi connectivity index (χ2v) is 5.44. The summed E-state index contributed by atoms with van der Waals surface area (Å²) in [4.78, 5) is 0. The number of fused-ring (bicyclic) bond motifs is 3. The van der Waals surface area contributed by atoms with Crippen LogP contribution in [-0.2, 0) is 0 Å². The van der Waals surface area contributed by atoms with Crippen molar-refractivity contribution in [1.29, 1.82) is 0 Å². The molecule has 3 rings (SSSR count). The molecule has 0 radical (unpaired) electrons. The maximum Gasteiger partial charge on any atom is 0.0344 e. The van der Waals surface area contributed by atoms with Crippen molar-refractivity contribution < 1.29 is 0 Å². The van der Waals surface area contributed by atoms with Crippen LogP contribution in [0.5, 0.6) is 0 Å². The monoisotopic (exact) mass is 265 g/mol. The fourth-order valence-electron chi connectivity index (χ4n) is 2.92. The van der Waals surface area contributed by atoms with Crippen LogP contribution >= 0.6 is 0 Å². The van der Waals surface area contributed by atoms with E-state index in [1.165, 1.54) is 22.3 Å². The maximum absolute atomic E-state index is 4.32. The van der Waals surface area contributed by atoms with Crippen LogP contribution in [0.15, 0.2) is 55.7 Å². The summed E-state index contributed by atoms with van der Waals surface area (Å²) in [5.41, 5.74) is 6.57. The van der Waals surface area contributed by atoms with Crippen molar-refractivity contribution in [2.75, 3.05) is 12.4 Å². The molecule has 0 amide bonds. The van der Waals surface area contributed by atoms with Gasteiger partial charge in [0.15, 0.2) is 0 Å². The number of hydrogen-bond donors (Lipinski definition) is 1. The summed E-state index contributed by atoms with van der Waals surface area (Å²) in [6.07, 6.45) is 9.44. The highest BCUT2D eigenvalue weighted by molar-refractivity contribution is 5.99. The highest BCUT2D eigenvalue weighted by Crippen LogP contribution is 2.57. The van der Waals surface area contributed by atoms with Gasteiger partial charge in [-0.15, -0.1) is 6.58 Å². The predicted molar refractivity (Wildman–Crippen MR) is 90.7 cm³/mol. The SMILES string of the molecule is C=C1c2cc(NC)ccc2C2=CC=CCC12C.C=CC. The van der Waals surface area contributed by atoms with Gasteiger partial charge < -0.3 is 5.32 Å². The quantitative estimate of drug-likeness (QED) is 0.680. The normalized spacial score (nSPS) is 22.1. The van der Waals surface area contributed by atoms with Gasteiger partial charge in [0, 0.05) is 18.2 Å². The molecule has 0 fully saturated rings. The summed E-state index contributed by atoms with van der Waals surface area (Å²) in [6, 6.07) is 6.56. The molecule has 2 aliphatic carbocycles. The van der Waals surface area contributed by atoms with Crippen LogP contribution in [0.25, 0.3) is 11.1 Å². The number of hydrogen-bond acceptors (Lipinski definition) is 1. The first kappa shape index (κ1) is 14.4. The van der Waals surface area contributed by atoms with E-state index in [1.54, 1.807) is 6.08 Å². The van der Waals surface area contributed by atoms with Crippen LogP contribution in [0.1, 0.15) is 31.4 Å². The molecule has 1 heteroatoms. The molecule has 104 valence electrons. The summed E-state index contributed by atoms with van der Waals surface area (Å²) in [7, 11) is 1.95. The number of rotatable bonds is 1. The van der Waals surface area contributed by atoms with E-state index in [1.807, 2.05) is 14.0 Å². The van der Waals surface area contributed by atoms with E-state index < -0.39 is 0 Å². The van der Waals surface area contributed by atoms with Gasteiger partial charge in [0.05, 0.1) is 0 Å². The molecular formula is C19H23N. The number of nitrogens with one attached hydrogen (secondary N) is 1. The Labute approximate surface area is 122 Å². The zero-order valence-corrected chi connectivity index (χ0v) is 12.7. The minimum Gasteiger partial charge on any atom is -0.388 e. The zero-order chi connectivity index (χ0) is 14.8. The maximum atomic E-state index is 4.32. The van der Waals surface area contributed by atoms with E-state index in [0.717, 1.165) is 12.1 Å². The number of benzene rings is 1. The summed E-state index contributed by atoms with van der Waals surface area (Å²) in [5, 5.41) is 3.19. The lowest BCUT2D eigenvalue weighted by atomic mass is 9.75. The van der Waals surface area contributed by atoms with Crippen LogP contribution in [0.3, 0.4) is 0 Å². The van der Waals surface area contributed by atoms with Crippen molar-refractivity contribution in [2.45, 2.75) is 20.3 Å². The molecule has 2 aliphatic rings. The summed E-state index contributed by atoms with van der Waals surface area (Å²) >= 11 is 0. The lowest BCUT2D eigenvalue weighted by Crippen LogP contribution is -2.14. The first-order valence-corrected chi connectivity index (χ1v) is 7.04. The van der Waals surface area contributed by atoms with Gasteiger partial charge >= 0.3 is 0 Å². The van der Waals surface area contributed by atoms with Crippen molar-refractivity contribution in [1.82, 2.24) is 0 Å². The van der Waals surface area contributed by atoms with Crippen LogP contribution in [0.2, 0.25) is 0 Å². The van der Waals surface area contributed by atoms with Crippen LogP contribution in [0.4, 0.5) is 5.69 Å². The molecule has 1 unspecified atom stereocenters. The highest BCUT2D eigenvalue weighted by atomic mass is 14.8. The van der Waals surface area contributed by atoms with Crippen molar-refractivity contribution >= 4 is 16.8 Å². The van der Waals surface area contributed by atoms with Gasteiger partial charge in [-0.2, -0.15) is 0 Å². The molecule has 0 spiro atoms. The Kier molecular flexibility index (Phi) is 3.99. The van der Waals surface area contributed by atoms with E-state index in [4.69, 9.17) is 0 Å². The van der Waals surface area contributed by atoms with E-state index in [0.29, 0.717) is 0 Å². The van der Waals surface area contributed by atoms with E-state index in [9.17, 15) is 0 Å². The lowest BCUT2D eigenvalue weighted by Gasteiger charge is -2.28. The average Bonchev–Trinajstić information content (AvgIpc) is 2.68. The fourth-order valence-corrected chi connectivity index (χ4v) is 2.92. The standard InChI is InChI=1S/C16H17N.C3H6/c1-11-14-10-12(17-3)7-8-13(14)15-6-4-5-9-16(11,15)2;1-3-2/h4-8,10,17H,1,9H2,2-3H3;3H,1H2,2H3. The Balaban J connectivity index is 0.000000452. The molecule has 0 bridgehead atoms. The first-order chi connectivity index (χ1) is 9.58. The predicted octanol–water partition coefficient (Wildman–Crippen LogP) is 5.30. The van der Waals surface area contributed by atoms with E-state index >= 15 is 0 Å². The van der Waals surface area contributed by atoms with Gasteiger partial charge in [-0.3, -0.25) is 0 Å². The third-order valence-electron chi connectivity index (χ3n) is 4.11. The van der Waals surface area contributed by atoms with Gasteiger partial charge in [0.2, 0.25) is 0 Å². The van der Waals surface area contributed by atoms with Gasteiger partial charge in [-0.25, -0.2) is 0 Å². The van der Waals surface area contributed by atoms with E-state index in [-0.39, 0.29) is 5.41 Å². The highest BCUT2D eigenvalue weighted by Gasteiger charge is 2.40. The molecule has 0 heterocycles. The van der Waals surface area contributed by atoms with Crippen molar-refractivity contribution in [3.63, 3.8) is 0 Å². The van der Waals surface area contributed by atoms with Gasteiger partial charge in [0.25, 0.3) is 0 Å². The molecule has 20 heavy (non-hydrogen) atoms. The fraction of sp³-hybridized carbons (Fsp3) is 0.263. The summed E-state index contributed by atoms with van der Waals surface area (Å²) in [6.45, 7) is 11.9. The van der Waals surface area contributed by atoms with Crippen LogP contribution in [-0.4, -0.2) is 7.05 Å². The lowest BCUT2D eigenvalue weighted by molar-refractivity contribution is 0.615. The molecule has 1 aromatic rings. The molecule has 1 N–H and O–H groups in total. The van der Waals surface area contributed by atoms with E-state index in [2.05, 4.69) is 61.8 Å². The third kappa shape index (κ3) is 2.14. The molecular weight excluding hydrogens is 242 g/mol. The van der Waals surface area contributed by atoms with Crippen molar-refractivity contribution in [3.8, 4) is 0 Å². The Morgan fingerprint density at radius 3 is 2.65 bits per heavy atom. The minimum absolute atomic E-state index is 0.101. The van der Waals surface area contributed by atoms with Gasteiger partial charge in [0.1, 0.15) is 0 Å². The summed E-state index contributed by atoms with van der Waals surface area (Å²) < 4.78 is 0. The van der Waals surface area contributed by atoms with Gasteiger partial charge in [-0.1, -0.05) is 43.9 Å². The Bertz CT molecular complexity index is 604. The van der Waals surface area contributed by atoms with Crippen LogP contribution in [0, 0.1) is 5.41 Å². The second kappa shape index (κ2) is 5.54. The molecule has 1 nitrogen and oxygen atoms in total. The summed E-state index contributed by atoms with van der Waals surface area (Å²) in [5.74, 6) is 0. The Hall–Kier alpha value is -2.02. The largest absolute Gasteiger partial charge is 0.388 e. The average molecular weight is 265 g/mol. The van der Waals surface area contributed by atoms with Crippen molar-refractivity contribution in [2.24, 2.45) is 5.41 Å².